The Hall–Kier alpha value is -2.00. The highest BCUT2D eigenvalue weighted by Crippen LogP contribution is 2.29. The SMILES string of the molecule is CCSc1ccc(-c2cc3ccc(CC)cn3c2C=O)cc1. The maximum Gasteiger partial charge on any atom is 0.167 e. The predicted octanol–water partition coefficient (Wildman–Crippen LogP) is 5.09. The number of carbonyl (C=O) groups is 1. The summed E-state index contributed by atoms with van der Waals surface area (Å²) in [4.78, 5) is 12.9. The molecule has 0 amide bonds. The highest BCUT2D eigenvalue weighted by atomic mass is 32.2. The molecule has 1 aromatic carbocycles. The quantitative estimate of drug-likeness (QED) is 0.483. The largest absolute Gasteiger partial charge is 0.313 e. The van der Waals surface area contributed by atoms with E-state index in [1.807, 2.05) is 16.2 Å². The normalized spacial score (nSPS) is 11.0. The number of aryl methyl sites for hydroxylation is 1. The lowest BCUT2D eigenvalue weighted by molar-refractivity contribution is 0.111. The fourth-order valence-corrected chi connectivity index (χ4v) is 3.35. The van der Waals surface area contributed by atoms with E-state index in [1.54, 1.807) is 0 Å². The van der Waals surface area contributed by atoms with Crippen molar-refractivity contribution in [2.45, 2.75) is 25.2 Å². The summed E-state index contributed by atoms with van der Waals surface area (Å²) in [5, 5.41) is 0. The molecule has 0 bridgehead atoms. The van der Waals surface area contributed by atoms with Crippen LogP contribution in [0.5, 0.6) is 0 Å². The number of aldehydes is 1. The minimum atomic E-state index is 0.723. The van der Waals surface area contributed by atoms with E-state index < -0.39 is 0 Å². The molecule has 3 heteroatoms. The van der Waals surface area contributed by atoms with Gasteiger partial charge in [0.2, 0.25) is 0 Å². The number of pyridine rings is 1. The molecule has 0 aliphatic rings. The summed E-state index contributed by atoms with van der Waals surface area (Å²) in [5.41, 5.74) is 5.09. The molecule has 0 saturated heterocycles. The second-order valence-electron chi connectivity index (χ2n) is 5.20. The molecule has 0 atom stereocenters. The third-order valence-corrected chi connectivity index (χ3v) is 4.76. The molecule has 112 valence electrons. The molecule has 0 saturated carbocycles. The fraction of sp³-hybridized carbons (Fsp3) is 0.211. The lowest BCUT2D eigenvalue weighted by Crippen LogP contribution is -1.94. The van der Waals surface area contributed by atoms with Gasteiger partial charge < -0.3 is 4.40 Å². The zero-order valence-electron chi connectivity index (χ0n) is 12.9. The van der Waals surface area contributed by atoms with Crippen LogP contribution in [0.2, 0.25) is 0 Å². The standard InChI is InChI=1S/C19H19NOS/c1-3-14-5-8-16-11-18(19(13-21)20(16)12-14)15-6-9-17(10-7-15)22-4-2/h5-13H,3-4H2,1-2H3. The van der Waals surface area contributed by atoms with Gasteiger partial charge in [-0.25, -0.2) is 0 Å². The molecule has 0 fully saturated rings. The van der Waals surface area contributed by atoms with Gasteiger partial charge in [-0.05, 0) is 47.6 Å². The van der Waals surface area contributed by atoms with Crippen LogP contribution in [0.15, 0.2) is 53.6 Å². The van der Waals surface area contributed by atoms with Crippen molar-refractivity contribution in [1.29, 1.82) is 0 Å². The van der Waals surface area contributed by atoms with Crippen molar-refractivity contribution in [3.63, 3.8) is 0 Å². The molecule has 0 N–H and O–H groups in total. The molecule has 0 unspecified atom stereocenters. The Bertz CT molecular complexity index is 802. The van der Waals surface area contributed by atoms with Gasteiger partial charge >= 0.3 is 0 Å². The van der Waals surface area contributed by atoms with Crippen molar-refractivity contribution in [3.8, 4) is 11.1 Å². The van der Waals surface area contributed by atoms with E-state index in [4.69, 9.17) is 0 Å². The van der Waals surface area contributed by atoms with Crippen molar-refractivity contribution in [2.75, 3.05) is 5.75 Å². The summed E-state index contributed by atoms with van der Waals surface area (Å²) >= 11 is 1.82. The van der Waals surface area contributed by atoms with Gasteiger partial charge in [-0.15, -0.1) is 11.8 Å². The molecule has 0 radical (unpaired) electrons. The second-order valence-corrected chi connectivity index (χ2v) is 6.54. The molecular weight excluding hydrogens is 290 g/mol. The third kappa shape index (κ3) is 2.69. The zero-order valence-corrected chi connectivity index (χ0v) is 13.7. The molecule has 0 aliphatic carbocycles. The van der Waals surface area contributed by atoms with Crippen molar-refractivity contribution in [1.82, 2.24) is 4.40 Å². The smallest absolute Gasteiger partial charge is 0.167 e. The second kappa shape index (κ2) is 6.41. The molecule has 0 aliphatic heterocycles. The number of rotatable bonds is 5. The number of hydrogen-bond donors (Lipinski definition) is 0. The van der Waals surface area contributed by atoms with Crippen molar-refractivity contribution in [2.24, 2.45) is 0 Å². The van der Waals surface area contributed by atoms with E-state index >= 15 is 0 Å². The highest BCUT2D eigenvalue weighted by Gasteiger charge is 2.11. The van der Waals surface area contributed by atoms with Crippen LogP contribution in [0, 0.1) is 0 Å². The molecule has 2 aromatic heterocycles. The number of hydrogen-bond acceptors (Lipinski definition) is 2. The Kier molecular flexibility index (Phi) is 4.34. The number of fused-ring (bicyclic) bond motifs is 1. The van der Waals surface area contributed by atoms with Gasteiger partial charge in [0, 0.05) is 22.2 Å². The molecule has 22 heavy (non-hydrogen) atoms. The molecule has 2 heterocycles. The number of thioether (sulfide) groups is 1. The van der Waals surface area contributed by atoms with Crippen molar-refractivity contribution < 1.29 is 4.79 Å². The van der Waals surface area contributed by atoms with E-state index in [1.165, 1.54) is 10.5 Å². The van der Waals surface area contributed by atoms with Crippen molar-refractivity contribution >= 4 is 23.6 Å². The number of aromatic nitrogens is 1. The maximum atomic E-state index is 11.6. The van der Waals surface area contributed by atoms with Crippen LogP contribution >= 0.6 is 11.8 Å². The highest BCUT2D eigenvalue weighted by molar-refractivity contribution is 7.99. The first kappa shape index (κ1) is 14.9. The van der Waals surface area contributed by atoms with E-state index in [9.17, 15) is 4.79 Å². The molecule has 3 aromatic rings. The van der Waals surface area contributed by atoms with Crippen LogP contribution in [0.4, 0.5) is 0 Å². The van der Waals surface area contributed by atoms with Gasteiger partial charge in [-0.3, -0.25) is 4.79 Å². The molecule has 2 nitrogen and oxygen atoms in total. The summed E-state index contributed by atoms with van der Waals surface area (Å²) in [6, 6.07) is 14.7. The van der Waals surface area contributed by atoms with E-state index in [0.29, 0.717) is 0 Å². The van der Waals surface area contributed by atoms with Gasteiger partial charge in [0.05, 0.1) is 5.69 Å². The van der Waals surface area contributed by atoms with Gasteiger partial charge in [-0.2, -0.15) is 0 Å². The lowest BCUT2D eigenvalue weighted by Gasteiger charge is -2.04. The Labute approximate surface area is 135 Å². The molecule has 0 spiro atoms. The van der Waals surface area contributed by atoms with E-state index in [0.717, 1.165) is 40.8 Å². The number of benzene rings is 1. The third-order valence-electron chi connectivity index (χ3n) is 3.87. The van der Waals surface area contributed by atoms with Gasteiger partial charge in [0.25, 0.3) is 0 Å². The lowest BCUT2D eigenvalue weighted by atomic mass is 10.1. The van der Waals surface area contributed by atoms with Crippen LogP contribution < -0.4 is 0 Å². The molecule has 3 rings (SSSR count). The molecular formula is C19H19NOS. The van der Waals surface area contributed by atoms with Crippen LogP contribution in [0.1, 0.15) is 29.9 Å². The predicted molar refractivity (Wildman–Crippen MR) is 94.0 cm³/mol. The first-order valence-corrected chi connectivity index (χ1v) is 8.57. The minimum Gasteiger partial charge on any atom is -0.313 e. The minimum absolute atomic E-state index is 0.723. The zero-order chi connectivity index (χ0) is 15.5. The summed E-state index contributed by atoms with van der Waals surface area (Å²) in [7, 11) is 0. The summed E-state index contributed by atoms with van der Waals surface area (Å²) < 4.78 is 2.00. The van der Waals surface area contributed by atoms with E-state index in [-0.39, 0.29) is 0 Å². The van der Waals surface area contributed by atoms with Crippen molar-refractivity contribution in [3.05, 3.63) is 59.9 Å². The number of nitrogens with zero attached hydrogens (tertiary/aromatic N) is 1. The Morgan fingerprint density at radius 1 is 1.09 bits per heavy atom. The first-order chi connectivity index (χ1) is 10.8. The average Bonchev–Trinajstić information content (AvgIpc) is 2.93. The summed E-state index contributed by atoms with van der Waals surface area (Å²) in [5.74, 6) is 1.06. The van der Waals surface area contributed by atoms with Crippen LogP contribution in [-0.4, -0.2) is 16.4 Å². The monoisotopic (exact) mass is 309 g/mol. The van der Waals surface area contributed by atoms with E-state index in [2.05, 4.69) is 62.5 Å². The van der Waals surface area contributed by atoms with Gasteiger partial charge in [0.15, 0.2) is 6.29 Å². The van der Waals surface area contributed by atoms with Crippen LogP contribution in [0.3, 0.4) is 0 Å². The Morgan fingerprint density at radius 3 is 2.50 bits per heavy atom. The Morgan fingerprint density at radius 2 is 1.86 bits per heavy atom. The topological polar surface area (TPSA) is 21.5 Å². The average molecular weight is 309 g/mol. The first-order valence-electron chi connectivity index (χ1n) is 7.59. The fourth-order valence-electron chi connectivity index (χ4n) is 2.69. The Balaban J connectivity index is 2.11. The number of carbonyl (C=O) groups excluding carboxylic acids is 1. The summed E-state index contributed by atoms with van der Waals surface area (Å²) in [6.45, 7) is 4.27. The summed E-state index contributed by atoms with van der Waals surface area (Å²) in [6.07, 6.45) is 3.98. The van der Waals surface area contributed by atoms with Crippen LogP contribution in [-0.2, 0) is 6.42 Å². The van der Waals surface area contributed by atoms with Crippen LogP contribution in [0.25, 0.3) is 16.6 Å². The van der Waals surface area contributed by atoms with Gasteiger partial charge in [0.1, 0.15) is 0 Å². The maximum absolute atomic E-state index is 11.6. The van der Waals surface area contributed by atoms with Gasteiger partial charge in [-0.1, -0.05) is 32.0 Å².